The normalized spacial score (nSPS) is 10.4. The number of halogens is 2. The smallest absolute Gasteiger partial charge is 0.255 e. The Balaban J connectivity index is 2.12. The Labute approximate surface area is 123 Å². The van der Waals surface area contributed by atoms with Gasteiger partial charge in [-0.1, -0.05) is 23.7 Å². The molecule has 0 aliphatic rings. The Morgan fingerprint density at radius 2 is 2.06 bits per heavy atom. The Morgan fingerprint density at radius 1 is 1.33 bits per heavy atom. The number of hydrogen-bond donors (Lipinski definition) is 0. The van der Waals surface area contributed by atoms with E-state index in [9.17, 15) is 4.79 Å². The molecule has 0 saturated heterocycles. The first-order valence-electron chi connectivity index (χ1n) is 5.32. The highest BCUT2D eigenvalue weighted by molar-refractivity contribution is 9.11. The van der Waals surface area contributed by atoms with E-state index in [1.54, 1.807) is 35.4 Å². The quantitative estimate of drug-likeness (QED) is 0.806. The van der Waals surface area contributed by atoms with Crippen molar-refractivity contribution < 1.29 is 4.79 Å². The number of rotatable bonds is 3. The van der Waals surface area contributed by atoms with Crippen molar-refractivity contribution in [1.29, 1.82) is 0 Å². The van der Waals surface area contributed by atoms with E-state index in [-0.39, 0.29) is 5.91 Å². The maximum Gasteiger partial charge on any atom is 0.255 e. The minimum atomic E-state index is -0.0647. The molecule has 1 amide bonds. The van der Waals surface area contributed by atoms with Crippen LogP contribution in [0.5, 0.6) is 0 Å². The first-order chi connectivity index (χ1) is 8.58. The minimum Gasteiger partial charge on any atom is -0.337 e. The zero-order valence-electron chi connectivity index (χ0n) is 9.69. The summed E-state index contributed by atoms with van der Waals surface area (Å²) >= 11 is 11.1. The topological polar surface area (TPSA) is 20.3 Å². The van der Waals surface area contributed by atoms with Crippen LogP contribution in [0.4, 0.5) is 0 Å². The zero-order valence-corrected chi connectivity index (χ0v) is 12.8. The van der Waals surface area contributed by atoms with Crippen molar-refractivity contribution in [3.05, 3.63) is 55.6 Å². The Kier molecular flexibility index (Phi) is 4.43. The van der Waals surface area contributed by atoms with E-state index < -0.39 is 0 Å². The summed E-state index contributed by atoms with van der Waals surface area (Å²) in [5.41, 5.74) is 0.539. The molecule has 2 rings (SSSR count). The van der Waals surface area contributed by atoms with Crippen molar-refractivity contribution in [3.63, 3.8) is 0 Å². The van der Waals surface area contributed by atoms with Gasteiger partial charge in [-0.2, -0.15) is 0 Å². The van der Waals surface area contributed by atoms with E-state index in [1.165, 1.54) is 0 Å². The van der Waals surface area contributed by atoms with Gasteiger partial charge in [0.15, 0.2) is 0 Å². The highest BCUT2D eigenvalue weighted by Gasteiger charge is 2.15. The van der Waals surface area contributed by atoms with Gasteiger partial charge in [-0.3, -0.25) is 4.79 Å². The first-order valence-corrected chi connectivity index (χ1v) is 7.31. The van der Waals surface area contributed by atoms with Crippen LogP contribution in [-0.4, -0.2) is 17.9 Å². The number of hydrogen-bond acceptors (Lipinski definition) is 2. The van der Waals surface area contributed by atoms with E-state index in [2.05, 4.69) is 15.9 Å². The molecule has 5 heteroatoms. The van der Waals surface area contributed by atoms with E-state index in [0.717, 1.165) is 8.66 Å². The largest absolute Gasteiger partial charge is 0.337 e. The van der Waals surface area contributed by atoms with Crippen LogP contribution in [0.25, 0.3) is 0 Å². The summed E-state index contributed by atoms with van der Waals surface area (Å²) in [5.74, 6) is -0.0647. The molecule has 1 heterocycles. The SMILES string of the molecule is CN(Cc1ccc(Br)s1)C(=O)c1ccccc1Cl. The van der Waals surface area contributed by atoms with Crippen LogP contribution in [0.3, 0.4) is 0 Å². The van der Waals surface area contributed by atoms with Crippen molar-refractivity contribution in [1.82, 2.24) is 4.90 Å². The molecule has 0 aliphatic heterocycles. The summed E-state index contributed by atoms with van der Waals surface area (Å²) in [5, 5.41) is 0.488. The number of nitrogens with zero attached hydrogens (tertiary/aromatic N) is 1. The summed E-state index contributed by atoms with van der Waals surface area (Å²) in [6.45, 7) is 0.584. The molecule has 0 unspecified atom stereocenters. The highest BCUT2D eigenvalue weighted by atomic mass is 79.9. The van der Waals surface area contributed by atoms with Crippen LogP contribution < -0.4 is 0 Å². The lowest BCUT2D eigenvalue weighted by Gasteiger charge is -2.16. The second-order valence-corrected chi connectivity index (χ2v) is 6.80. The van der Waals surface area contributed by atoms with Gasteiger partial charge in [0.1, 0.15) is 0 Å². The van der Waals surface area contributed by atoms with Gasteiger partial charge in [0, 0.05) is 11.9 Å². The highest BCUT2D eigenvalue weighted by Crippen LogP contribution is 2.24. The Morgan fingerprint density at radius 3 is 2.67 bits per heavy atom. The summed E-state index contributed by atoms with van der Waals surface area (Å²) < 4.78 is 1.07. The molecule has 0 saturated carbocycles. The fourth-order valence-corrected chi connectivity index (χ4v) is 3.34. The summed E-state index contributed by atoms with van der Waals surface area (Å²) in [7, 11) is 1.78. The lowest BCUT2D eigenvalue weighted by atomic mass is 10.2. The molecule has 0 spiro atoms. The molecule has 0 radical (unpaired) electrons. The van der Waals surface area contributed by atoms with Crippen LogP contribution in [0, 0.1) is 0 Å². The van der Waals surface area contributed by atoms with Crippen molar-refractivity contribution in [2.45, 2.75) is 6.54 Å². The molecule has 0 N–H and O–H groups in total. The molecule has 0 atom stereocenters. The molecule has 94 valence electrons. The van der Waals surface area contributed by atoms with Gasteiger partial charge in [0.05, 0.1) is 20.9 Å². The predicted octanol–water partition coefficient (Wildman–Crippen LogP) is 4.44. The Bertz CT molecular complexity index is 570. The molecular weight excluding hydrogens is 334 g/mol. The third kappa shape index (κ3) is 3.13. The van der Waals surface area contributed by atoms with Gasteiger partial charge in [0.2, 0.25) is 0 Å². The summed E-state index contributed by atoms with van der Waals surface area (Å²) in [6.07, 6.45) is 0. The Hall–Kier alpha value is -0.840. The van der Waals surface area contributed by atoms with Gasteiger partial charge in [-0.05, 0) is 40.2 Å². The number of thiophene rings is 1. The van der Waals surface area contributed by atoms with E-state index in [1.807, 2.05) is 24.3 Å². The lowest BCUT2D eigenvalue weighted by Crippen LogP contribution is -2.26. The molecule has 1 aromatic carbocycles. The number of carbonyl (C=O) groups is 1. The summed E-state index contributed by atoms with van der Waals surface area (Å²) in [6, 6.07) is 11.1. The molecule has 2 aromatic rings. The van der Waals surface area contributed by atoms with E-state index >= 15 is 0 Å². The van der Waals surface area contributed by atoms with Crippen molar-refractivity contribution >= 4 is 44.8 Å². The van der Waals surface area contributed by atoms with Gasteiger partial charge >= 0.3 is 0 Å². The van der Waals surface area contributed by atoms with E-state index in [0.29, 0.717) is 17.1 Å². The molecule has 1 aromatic heterocycles. The van der Waals surface area contributed by atoms with Crippen molar-refractivity contribution in [2.24, 2.45) is 0 Å². The van der Waals surface area contributed by atoms with E-state index in [4.69, 9.17) is 11.6 Å². The third-order valence-electron chi connectivity index (χ3n) is 2.47. The maximum absolute atomic E-state index is 12.2. The van der Waals surface area contributed by atoms with Gasteiger partial charge in [0.25, 0.3) is 5.91 Å². The molecule has 0 aliphatic carbocycles. The predicted molar refractivity (Wildman–Crippen MR) is 79.3 cm³/mol. The molecule has 0 bridgehead atoms. The van der Waals surface area contributed by atoms with Gasteiger partial charge < -0.3 is 4.90 Å². The monoisotopic (exact) mass is 343 g/mol. The molecule has 18 heavy (non-hydrogen) atoms. The van der Waals surface area contributed by atoms with Crippen LogP contribution in [0.2, 0.25) is 5.02 Å². The second-order valence-electron chi connectivity index (χ2n) is 3.85. The maximum atomic E-state index is 12.2. The zero-order chi connectivity index (χ0) is 13.1. The number of amides is 1. The molecular formula is C13H11BrClNOS. The van der Waals surface area contributed by atoms with Gasteiger partial charge in [-0.25, -0.2) is 0 Å². The lowest BCUT2D eigenvalue weighted by molar-refractivity contribution is 0.0786. The van der Waals surface area contributed by atoms with Gasteiger partial charge in [-0.15, -0.1) is 11.3 Å². The standard InChI is InChI=1S/C13H11BrClNOS/c1-16(8-9-6-7-12(14)18-9)13(17)10-4-2-3-5-11(10)15/h2-7H,8H2,1H3. The minimum absolute atomic E-state index is 0.0647. The van der Waals surface area contributed by atoms with Crippen molar-refractivity contribution in [3.8, 4) is 0 Å². The van der Waals surface area contributed by atoms with Crippen LogP contribution in [-0.2, 0) is 6.54 Å². The fourth-order valence-electron chi connectivity index (χ4n) is 1.58. The molecule has 0 fully saturated rings. The second kappa shape index (κ2) is 5.87. The fraction of sp³-hybridized carbons (Fsp3) is 0.154. The third-order valence-corrected chi connectivity index (χ3v) is 4.41. The van der Waals surface area contributed by atoms with Crippen LogP contribution >= 0.6 is 38.9 Å². The summed E-state index contributed by atoms with van der Waals surface area (Å²) in [4.78, 5) is 15.0. The molecule has 2 nitrogen and oxygen atoms in total. The van der Waals surface area contributed by atoms with Crippen LogP contribution in [0.1, 0.15) is 15.2 Å². The van der Waals surface area contributed by atoms with Crippen molar-refractivity contribution in [2.75, 3.05) is 7.05 Å². The number of carbonyl (C=O) groups excluding carboxylic acids is 1. The average Bonchev–Trinajstić information content (AvgIpc) is 2.74. The average molecular weight is 345 g/mol. The first kappa shape index (κ1) is 13.6. The number of benzene rings is 1. The van der Waals surface area contributed by atoms with Crippen LogP contribution in [0.15, 0.2) is 40.2 Å².